The summed E-state index contributed by atoms with van der Waals surface area (Å²) in [5.41, 5.74) is 0.341. The quantitative estimate of drug-likeness (QED) is 0.410. The first-order valence-corrected chi connectivity index (χ1v) is 11.3. The number of nitrogens with zero attached hydrogens (tertiary/aromatic N) is 1. The molecule has 1 atom stereocenters. The van der Waals surface area contributed by atoms with Gasteiger partial charge in [-0.1, -0.05) is 15.9 Å². The molecule has 1 aromatic carbocycles. The van der Waals surface area contributed by atoms with Gasteiger partial charge in [0.05, 0.1) is 24.1 Å². The second-order valence-corrected chi connectivity index (χ2v) is 9.94. The van der Waals surface area contributed by atoms with Gasteiger partial charge in [0.1, 0.15) is 11.5 Å². The van der Waals surface area contributed by atoms with E-state index in [1.54, 1.807) is 6.07 Å². The van der Waals surface area contributed by atoms with Crippen molar-refractivity contribution in [1.29, 1.82) is 0 Å². The Balaban J connectivity index is 1.69. The summed E-state index contributed by atoms with van der Waals surface area (Å²) in [6.45, 7) is 0.119. The van der Waals surface area contributed by atoms with E-state index in [4.69, 9.17) is 5.11 Å². The van der Waals surface area contributed by atoms with E-state index in [0.29, 0.717) is 35.2 Å². The number of hydrogen-bond acceptors (Lipinski definition) is 6. The monoisotopic (exact) mass is 501 g/mol. The van der Waals surface area contributed by atoms with Crippen molar-refractivity contribution in [1.82, 2.24) is 4.57 Å². The van der Waals surface area contributed by atoms with E-state index in [9.17, 15) is 14.3 Å². The van der Waals surface area contributed by atoms with Crippen LogP contribution in [0.25, 0.3) is 0 Å². The first kappa shape index (κ1) is 21.6. The first-order valence-electron chi connectivity index (χ1n) is 9.74. The van der Waals surface area contributed by atoms with E-state index in [0.717, 1.165) is 19.3 Å². The minimum absolute atomic E-state index is 0.0596. The average molecular weight is 502 g/mol. The highest BCUT2D eigenvalue weighted by atomic mass is 79.9. The van der Waals surface area contributed by atoms with Crippen LogP contribution < -0.4 is 15.6 Å². The number of hydrogen-bond donors (Lipinski definition) is 4. The molecule has 1 unspecified atom stereocenters. The fraction of sp³-hybridized carbons (Fsp3) is 0.450. The van der Waals surface area contributed by atoms with Crippen molar-refractivity contribution in [3.8, 4) is 0 Å². The number of aromatic nitrogens is 1. The van der Waals surface area contributed by atoms with Gasteiger partial charge in [-0.15, -0.1) is 0 Å². The molecule has 1 aromatic heterocycles. The predicted molar refractivity (Wildman–Crippen MR) is 117 cm³/mol. The van der Waals surface area contributed by atoms with Gasteiger partial charge in [-0.05, 0) is 62.3 Å². The van der Waals surface area contributed by atoms with E-state index in [-0.39, 0.29) is 22.7 Å². The normalized spacial score (nSPS) is 17.5. The SMILES string of the molecule is O=c1c(F)c(Nc2ccc(Br)cc2F)c(NSC2(CC(O)CO)CC2)c2n1CCC2. The smallest absolute Gasteiger partial charge is 0.289 e. The van der Waals surface area contributed by atoms with Crippen molar-refractivity contribution >= 4 is 44.9 Å². The first-order chi connectivity index (χ1) is 14.3. The largest absolute Gasteiger partial charge is 0.394 e. The molecule has 1 aliphatic carbocycles. The Morgan fingerprint density at radius 1 is 1.30 bits per heavy atom. The molecule has 4 N–H and O–H groups in total. The minimum Gasteiger partial charge on any atom is -0.394 e. The summed E-state index contributed by atoms with van der Waals surface area (Å²) in [5.74, 6) is -1.54. The molecule has 1 fully saturated rings. The lowest BCUT2D eigenvalue weighted by Gasteiger charge is -2.22. The van der Waals surface area contributed by atoms with Gasteiger partial charge in [0.2, 0.25) is 5.82 Å². The third-order valence-electron chi connectivity index (χ3n) is 5.50. The Morgan fingerprint density at radius 2 is 2.07 bits per heavy atom. The molecule has 0 radical (unpaired) electrons. The molecular weight excluding hydrogens is 480 g/mol. The fourth-order valence-electron chi connectivity index (χ4n) is 3.73. The molecule has 2 aliphatic rings. The van der Waals surface area contributed by atoms with Crippen LogP contribution in [0, 0.1) is 11.6 Å². The highest BCUT2D eigenvalue weighted by molar-refractivity contribution is 9.10. The van der Waals surface area contributed by atoms with Crippen LogP contribution in [0.4, 0.5) is 25.8 Å². The number of fused-ring (bicyclic) bond motifs is 1. The van der Waals surface area contributed by atoms with Crippen molar-refractivity contribution in [3.05, 3.63) is 50.4 Å². The van der Waals surface area contributed by atoms with E-state index >= 15 is 4.39 Å². The number of halogens is 3. The Bertz CT molecular complexity index is 1030. The summed E-state index contributed by atoms with van der Waals surface area (Å²) in [7, 11) is 0. The molecule has 162 valence electrons. The molecule has 2 aromatic rings. The number of aliphatic hydroxyl groups excluding tert-OH is 2. The highest BCUT2D eigenvalue weighted by Gasteiger charge is 2.45. The van der Waals surface area contributed by atoms with Crippen molar-refractivity contribution in [2.24, 2.45) is 0 Å². The summed E-state index contributed by atoms with van der Waals surface area (Å²) in [6.07, 6.45) is 2.60. The van der Waals surface area contributed by atoms with Crippen LogP contribution in [0.3, 0.4) is 0 Å². The molecule has 0 amide bonds. The maximum absolute atomic E-state index is 15.1. The number of pyridine rings is 1. The standard InChI is InChI=1S/C20H22BrF2N3O3S/c21-11-3-4-14(13(22)8-11)24-18-16(23)19(29)26-7-1-2-15(26)17(18)25-30-20(5-6-20)9-12(28)10-27/h3-4,8,12,24-25,27-28H,1-2,5-7,9-10H2. The Hall–Kier alpha value is -1.62. The van der Waals surface area contributed by atoms with Crippen molar-refractivity contribution in [2.45, 2.75) is 49.5 Å². The zero-order valence-corrected chi connectivity index (χ0v) is 18.5. The van der Waals surface area contributed by atoms with E-state index in [1.807, 2.05) is 0 Å². The zero-order valence-electron chi connectivity index (χ0n) is 16.1. The summed E-state index contributed by atoms with van der Waals surface area (Å²) < 4.78 is 34.3. The number of anilines is 3. The van der Waals surface area contributed by atoms with Crippen LogP contribution in [0.2, 0.25) is 0 Å². The molecule has 1 saturated carbocycles. The van der Waals surface area contributed by atoms with E-state index < -0.39 is 23.3 Å². The van der Waals surface area contributed by atoms with Crippen LogP contribution in [0.15, 0.2) is 27.5 Å². The zero-order chi connectivity index (χ0) is 21.5. The number of aliphatic hydroxyl groups is 2. The lowest BCUT2D eigenvalue weighted by molar-refractivity contribution is 0.0865. The topological polar surface area (TPSA) is 86.5 Å². The fourth-order valence-corrected chi connectivity index (χ4v) is 5.18. The van der Waals surface area contributed by atoms with Gasteiger partial charge in [-0.2, -0.15) is 4.39 Å². The second kappa shape index (κ2) is 8.49. The summed E-state index contributed by atoms with van der Waals surface area (Å²) in [4.78, 5) is 12.5. The molecule has 4 rings (SSSR count). The molecule has 0 spiro atoms. The van der Waals surface area contributed by atoms with Gasteiger partial charge in [0.15, 0.2) is 0 Å². The third kappa shape index (κ3) is 4.23. The molecular formula is C20H22BrF2N3O3S. The van der Waals surface area contributed by atoms with Gasteiger partial charge in [-0.3, -0.25) is 4.79 Å². The van der Waals surface area contributed by atoms with Gasteiger partial charge in [0.25, 0.3) is 5.56 Å². The van der Waals surface area contributed by atoms with Crippen molar-refractivity contribution in [2.75, 3.05) is 16.6 Å². The Labute approximate surface area is 184 Å². The minimum atomic E-state index is -0.966. The number of rotatable bonds is 8. The molecule has 6 nitrogen and oxygen atoms in total. The van der Waals surface area contributed by atoms with Gasteiger partial charge < -0.3 is 24.8 Å². The molecule has 10 heteroatoms. The average Bonchev–Trinajstić information content (AvgIpc) is 3.29. The Morgan fingerprint density at radius 3 is 2.73 bits per heavy atom. The predicted octanol–water partition coefficient (Wildman–Crippen LogP) is 3.91. The lowest BCUT2D eigenvalue weighted by Crippen LogP contribution is -2.26. The number of benzene rings is 1. The summed E-state index contributed by atoms with van der Waals surface area (Å²) >= 11 is 4.55. The van der Waals surface area contributed by atoms with Crippen molar-refractivity contribution < 1.29 is 19.0 Å². The summed E-state index contributed by atoms with van der Waals surface area (Å²) in [5, 5.41) is 21.7. The van der Waals surface area contributed by atoms with Crippen molar-refractivity contribution in [3.63, 3.8) is 0 Å². The van der Waals surface area contributed by atoms with Gasteiger partial charge >= 0.3 is 0 Å². The Kier molecular flexibility index (Phi) is 6.11. The number of nitrogens with one attached hydrogen (secondary N) is 2. The maximum Gasteiger partial charge on any atom is 0.289 e. The van der Waals surface area contributed by atoms with Crippen LogP contribution in [-0.4, -0.2) is 32.2 Å². The van der Waals surface area contributed by atoms with Crippen LogP contribution in [0.5, 0.6) is 0 Å². The highest BCUT2D eigenvalue weighted by Crippen LogP contribution is 2.52. The van der Waals surface area contributed by atoms with Crippen LogP contribution >= 0.6 is 27.9 Å². The molecule has 30 heavy (non-hydrogen) atoms. The van der Waals surface area contributed by atoms with Crippen LogP contribution in [0.1, 0.15) is 31.4 Å². The molecule has 2 heterocycles. The maximum atomic E-state index is 15.1. The molecule has 0 saturated heterocycles. The van der Waals surface area contributed by atoms with Gasteiger partial charge in [0, 0.05) is 21.5 Å². The molecule has 1 aliphatic heterocycles. The lowest BCUT2D eigenvalue weighted by atomic mass is 10.2. The third-order valence-corrected chi connectivity index (χ3v) is 7.31. The second-order valence-electron chi connectivity index (χ2n) is 7.75. The summed E-state index contributed by atoms with van der Waals surface area (Å²) in [6, 6.07) is 4.36. The van der Waals surface area contributed by atoms with Crippen LogP contribution in [-0.2, 0) is 13.0 Å². The van der Waals surface area contributed by atoms with Gasteiger partial charge in [-0.25, -0.2) is 4.39 Å². The van der Waals surface area contributed by atoms with E-state index in [2.05, 4.69) is 26.0 Å². The molecule has 0 bridgehead atoms. The van der Waals surface area contributed by atoms with E-state index in [1.165, 1.54) is 28.6 Å².